The smallest absolute Gasteiger partial charge is 0.115 e. The van der Waals surface area contributed by atoms with Gasteiger partial charge in [-0.1, -0.05) is 55.3 Å². The highest BCUT2D eigenvalue weighted by atomic mass is 16.3. The molecule has 0 aromatic heterocycles. The highest BCUT2D eigenvalue weighted by molar-refractivity contribution is 5.42. The predicted molar refractivity (Wildman–Crippen MR) is 76.2 cm³/mol. The average Bonchev–Trinajstić information content (AvgIpc) is 2.28. The fourth-order valence-corrected chi connectivity index (χ4v) is 2.38. The summed E-state index contributed by atoms with van der Waals surface area (Å²) in [5.74, 6) is 0.315. The Bertz CT molecular complexity index is 530. The summed E-state index contributed by atoms with van der Waals surface area (Å²) in [7, 11) is 0. The topological polar surface area (TPSA) is 20.2 Å². The van der Waals surface area contributed by atoms with Gasteiger partial charge in [-0.3, -0.25) is 0 Å². The fraction of sp³-hybridized carbons (Fsp3) is 0.294. The summed E-state index contributed by atoms with van der Waals surface area (Å²) >= 11 is 0. The van der Waals surface area contributed by atoms with E-state index in [1.165, 1.54) is 22.3 Å². The van der Waals surface area contributed by atoms with E-state index in [-0.39, 0.29) is 5.41 Å². The van der Waals surface area contributed by atoms with Gasteiger partial charge < -0.3 is 5.11 Å². The lowest BCUT2D eigenvalue weighted by Gasteiger charge is -2.27. The number of rotatable bonds is 2. The quantitative estimate of drug-likeness (QED) is 0.828. The van der Waals surface area contributed by atoms with Crippen molar-refractivity contribution in [1.29, 1.82) is 0 Å². The molecule has 0 saturated carbocycles. The fourth-order valence-electron chi connectivity index (χ4n) is 2.38. The van der Waals surface area contributed by atoms with Crippen molar-refractivity contribution < 1.29 is 5.11 Å². The Hall–Kier alpha value is -1.76. The van der Waals surface area contributed by atoms with Crippen LogP contribution in [0, 0.1) is 13.8 Å². The summed E-state index contributed by atoms with van der Waals surface area (Å²) in [5.41, 5.74) is 5.05. The van der Waals surface area contributed by atoms with Crippen LogP contribution in [0.3, 0.4) is 0 Å². The standard InChI is InChI=1S/C17H20O/c1-12-9-13(2)11-15(10-12)17(3,4)14-5-7-16(18)8-6-14/h5-11,18H,1-4H3. The Balaban J connectivity index is 2.49. The second-order valence-electron chi connectivity index (χ2n) is 5.55. The maximum absolute atomic E-state index is 9.38. The lowest BCUT2D eigenvalue weighted by molar-refractivity contribution is 0.474. The van der Waals surface area contributed by atoms with Crippen molar-refractivity contribution in [2.24, 2.45) is 0 Å². The van der Waals surface area contributed by atoms with Crippen molar-refractivity contribution in [3.8, 4) is 5.75 Å². The molecule has 1 N–H and O–H groups in total. The molecule has 1 heteroatoms. The van der Waals surface area contributed by atoms with Gasteiger partial charge in [-0.25, -0.2) is 0 Å². The van der Waals surface area contributed by atoms with E-state index in [1.54, 1.807) is 12.1 Å². The first-order valence-electron chi connectivity index (χ1n) is 6.28. The summed E-state index contributed by atoms with van der Waals surface area (Å²) in [6.45, 7) is 8.69. The Morgan fingerprint density at radius 2 is 1.28 bits per heavy atom. The van der Waals surface area contributed by atoms with Gasteiger partial charge in [0.25, 0.3) is 0 Å². The molecular weight excluding hydrogens is 220 g/mol. The molecule has 2 rings (SSSR count). The third-order valence-corrected chi connectivity index (χ3v) is 3.53. The van der Waals surface area contributed by atoms with Crippen LogP contribution in [0.1, 0.15) is 36.1 Å². The molecule has 0 aliphatic rings. The van der Waals surface area contributed by atoms with Crippen LogP contribution < -0.4 is 0 Å². The average molecular weight is 240 g/mol. The molecular formula is C17H20O. The molecule has 0 fully saturated rings. The van der Waals surface area contributed by atoms with Crippen LogP contribution in [0.15, 0.2) is 42.5 Å². The Morgan fingerprint density at radius 1 is 0.778 bits per heavy atom. The number of aryl methyl sites for hydroxylation is 2. The molecule has 0 spiro atoms. The van der Waals surface area contributed by atoms with Crippen molar-refractivity contribution in [2.75, 3.05) is 0 Å². The van der Waals surface area contributed by atoms with Crippen LogP contribution in [-0.2, 0) is 5.41 Å². The van der Waals surface area contributed by atoms with Gasteiger partial charge in [0.05, 0.1) is 0 Å². The van der Waals surface area contributed by atoms with Crippen LogP contribution in [0.2, 0.25) is 0 Å². The van der Waals surface area contributed by atoms with E-state index in [9.17, 15) is 5.11 Å². The van der Waals surface area contributed by atoms with Crippen molar-refractivity contribution in [3.05, 3.63) is 64.7 Å². The van der Waals surface area contributed by atoms with E-state index in [2.05, 4.69) is 45.9 Å². The van der Waals surface area contributed by atoms with Gasteiger partial charge in [0.2, 0.25) is 0 Å². The molecule has 0 heterocycles. The molecule has 0 amide bonds. The normalized spacial score (nSPS) is 11.6. The van der Waals surface area contributed by atoms with E-state index in [1.807, 2.05) is 12.1 Å². The van der Waals surface area contributed by atoms with Gasteiger partial charge in [0.15, 0.2) is 0 Å². The minimum atomic E-state index is -0.0511. The summed E-state index contributed by atoms with van der Waals surface area (Å²) < 4.78 is 0. The largest absolute Gasteiger partial charge is 0.508 e. The lowest BCUT2D eigenvalue weighted by atomic mass is 9.77. The maximum Gasteiger partial charge on any atom is 0.115 e. The van der Waals surface area contributed by atoms with E-state index in [4.69, 9.17) is 0 Å². The second kappa shape index (κ2) is 4.49. The first-order chi connectivity index (χ1) is 8.39. The number of hydrogen-bond acceptors (Lipinski definition) is 1. The number of phenolic OH excluding ortho intramolecular Hbond substituents is 1. The van der Waals surface area contributed by atoms with Crippen LogP contribution in [0.25, 0.3) is 0 Å². The highest BCUT2D eigenvalue weighted by Gasteiger charge is 2.23. The monoisotopic (exact) mass is 240 g/mol. The molecule has 2 aromatic carbocycles. The molecule has 0 aliphatic heterocycles. The van der Waals surface area contributed by atoms with E-state index < -0.39 is 0 Å². The number of hydrogen-bond donors (Lipinski definition) is 1. The van der Waals surface area contributed by atoms with Gasteiger partial charge >= 0.3 is 0 Å². The highest BCUT2D eigenvalue weighted by Crippen LogP contribution is 2.33. The Labute approximate surface area is 109 Å². The number of phenols is 1. The molecule has 0 radical (unpaired) electrons. The van der Waals surface area contributed by atoms with Crippen molar-refractivity contribution >= 4 is 0 Å². The second-order valence-corrected chi connectivity index (χ2v) is 5.55. The molecule has 0 bridgehead atoms. The lowest BCUT2D eigenvalue weighted by Crippen LogP contribution is -2.19. The van der Waals surface area contributed by atoms with E-state index in [0.29, 0.717) is 5.75 Å². The van der Waals surface area contributed by atoms with Gasteiger partial charge in [0.1, 0.15) is 5.75 Å². The summed E-state index contributed by atoms with van der Waals surface area (Å²) in [6, 6.07) is 14.1. The van der Waals surface area contributed by atoms with Crippen LogP contribution >= 0.6 is 0 Å². The zero-order chi connectivity index (χ0) is 13.3. The van der Waals surface area contributed by atoms with Gasteiger partial charge in [0, 0.05) is 5.41 Å². The molecule has 2 aromatic rings. The van der Waals surface area contributed by atoms with Crippen molar-refractivity contribution in [1.82, 2.24) is 0 Å². The minimum Gasteiger partial charge on any atom is -0.508 e. The van der Waals surface area contributed by atoms with Crippen molar-refractivity contribution in [2.45, 2.75) is 33.1 Å². The van der Waals surface area contributed by atoms with Gasteiger partial charge in [-0.15, -0.1) is 0 Å². The molecule has 0 saturated heterocycles. The summed E-state index contributed by atoms with van der Waals surface area (Å²) in [4.78, 5) is 0. The third-order valence-electron chi connectivity index (χ3n) is 3.53. The Morgan fingerprint density at radius 3 is 1.78 bits per heavy atom. The molecule has 94 valence electrons. The van der Waals surface area contributed by atoms with E-state index in [0.717, 1.165) is 0 Å². The molecule has 18 heavy (non-hydrogen) atoms. The molecule has 0 atom stereocenters. The molecule has 1 nitrogen and oxygen atoms in total. The first kappa shape index (κ1) is 12.7. The SMILES string of the molecule is Cc1cc(C)cc(C(C)(C)c2ccc(O)cc2)c1. The number of benzene rings is 2. The van der Waals surface area contributed by atoms with Gasteiger partial charge in [-0.05, 0) is 37.1 Å². The van der Waals surface area contributed by atoms with E-state index >= 15 is 0 Å². The van der Waals surface area contributed by atoms with Crippen molar-refractivity contribution in [3.63, 3.8) is 0 Å². The third kappa shape index (κ3) is 2.40. The molecule has 0 unspecified atom stereocenters. The summed E-state index contributed by atoms with van der Waals surface area (Å²) in [5, 5.41) is 9.38. The molecule has 0 aliphatic carbocycles. The van der Waals surface area contributed by atoms with Crippen LogP contribution in [-0.4, -0.2) is 5.11 Å². The zero-order valence-electron chi connectivity index (χ0n) is 11.5. The van der Waals surface area contributed by atoms with Gasteiger partial charge in [-0.2, -0.15) is 0 Å². The maximum atomic E-state index is 9.38. The summed E-state index contributed by atoms with van der Waals surface area (Å²) in [6.07, 6.45) is 0. The minimum absolute atomic E-state index is 0.0511. The number of aromatic hydroxyl groups is 1. The predicted octanol–water partition coefficient (Wildman–Crippen LogP) is 4.33. The van der Waals surface area contributed by atoms with Crippen LogP contribution in [0.4, 0.5) is 0 Å². The first-order valence-corrected chi connectivity index (χ1v) is 6.28. The zero-order valence-corrected chi connectivity index (χ0v) is 11.5. The Kier molecular flexibility index (Phi) is 3.16. The van der Waals surface area contributed by atoms with Crippen LogP contribution in [0.5, 0.6) is 5.75 Å².